The van der Waals surface area contributed by atoms with E-state index in [9.17, 15) is 9.59 Å². The fraction of sp³-hybridized carbons (Fsp3) is 0.214. The van der Waals surface area contributed by atoms with Crippen LogP contribution in [0, 0.1) is 0 Å². The van der Waals surface area contributed by atoms with Gasteiger partial charge in [-0.3, -0.25) is 9.59 Å². The highest BCUT2D eigenvalue weighted by atomic mass is 16.5. The monoisotopic (exact) mass is 485 g/mol. The number of para-hydroxylation sites is 1. The van der Waals surface area contributed by atoms with E-state index < -0.39 is 0 Å². The van der Waals surface area contributed by atoms with E-state index in [1.807, 2.05) is 53.4 Å². The van der Waals surface area contributed by atoms with Crippen molar-refractivity contribution in [2.24, 2.45) is 0 Å². The number of hydrogen-bond acceptors (Lipinski definition) is 6. The quantitative estimate of drug-likeness (QED) is 0.428. The largest absolute Gasteiger partial charge is 0.497 e. The Morgan fingerprint density at radius 1 is 0.833 bits per heavy atom. The number of piperazine rings is 1. The Labute approximate surface area is 209 Å². The molecule has 0 atom stereocenters. The maximum atomic E-state index is 13.0. The minimum Gasteiger partial charge on any atom is -0.497 e. The van der Waals surface area contributed by atoms with E-state index in [1.165, 1.54) is 0 Å². The molecule has 2 amide bonds. The maximum Gasteiger partial charge on any atom is 0.291 e. The van der Waals surface area contributed by atoms with Crippen molar-refractivity contribution in [2.45, 2.75) is 0 Å². The smallest absolute Gasteiger partial charge is 0.291 e. The fourth-order valence-corrected chi connectivity index (χ4v) is 4.32. The van der Waals surface area contributed by atoms with Crippen LogP contribution < -0.4 is 19.7 Å². The number of ether oxygens (including phenoxy) is 2. The van der Waals surface area contributed by atoms with Gasteiger partial charge in [0, 0.05) is 54.6 Å². The van der Waals surface area contributed by atoms with E-state index in [0.717, 1.165) is 11.1 Å². The van der Waals surface area contributed by atoms with Crippen molar-refractivity contribution < 1.29 is 23.5 Å². The predicted molar refractivity (Wildman–Crippen MR) is 138 cm³/mol. The Morgan fingerprint density at radius 3 is 2.14 bits per heavy atom. The number of methoxy groups -OCH3 is 2. The van der Waals surface area contributed by atoms with Crippen molar-refractivity contribution in [1.29, 1.82) is 0 Å². The van der Waals surface area contributed by atoms with Crippen LogP contribution in [0.1, 0.15) is 20.9 Å². The lowest BCUT2D eigenvalue weighted by atomic mass is 10.1. The summed E-state index contributed by atoms with van der Waals surface area (Å²) >= 11 is 0. The number of carbonyl (C=O) groups is 2. The van der Waals surface area contributed by atoms with E-state index in [1.54, 1.807) is 38.5 Å². The van der Waals surface area contributed by atoms with Crippen molar-refractivity contribution in [3.05, 3.63) is 84.1 Å². The van der Waals surface area contributed by atoms with Crippen molar-refractivity contribution in [3.63, 3.8) is 0 Å². The summed E-state index contributed by atoms with van der Waals surface area (Å²) in [7, 11) is 3.13. The molecular formula is C28H27N3O5. The standard InChI is InChI=1S/C28H27N3O5/c1-34-23-15-20(16-24(18-23)35-2)28(33)31-13-11-30(12-14-31)22-9-7-21(8-10-22)29-27(32)26-17-19-5-3-4-6-25(19)36-26/h3-10,15-18H,11-14H2,1-2H3,(H,29,32). The number of hydrogen-bond donors (Lipinski definition) is 1. The Balaban J connectivity index is 1.19. The summed E-state index contributed by atoms with van der Waals surface area (Å²) in [5.74, 6) is 1.11. The molecule has 184 valence electrons. The number of anilines is 2. The number of benzene rings is 3. The molecule has 1 aromatic heterocycles. The van der Waals surface area contributed by atoms with Crippen LogP contribution in [0.25, 0.3) is 11.0 Å². The summed E-state index contributed by atoms with van der Waals surface area (Å²) in [5.41, 5.74) is 2.95. The Hall–Kier alpha value is -4.46. The highest BCUT2D eigenvalue weighted by Crippen LogP contribution is 2.25. The van der Waals surface area contributed by atoms with E-state index >= 15 is 0 Å². The molecule has 8 nitrogen and oxygen atoms in total. The van der Waals surface area contributed by atoms with Crippen LogP contribution in [0.5, 0.6) is 11.5 Å². The second kappa shape index (κ2) is 10.0. The number of amides is 2. The number of furan rings is 1. The molecule has 1 N–H and O–H groups in total. The van der Waals surface area contributed by atoms with Crippen LogP contribution in [0.3, 0.4) is 0 Å². The third kappa shape index (κ3) is 4.84. The summed E-state index contributed by atoms with van der Waals surface area (Å²) in [6.45, 7) is 2.61. The average Bonchev–Trinajstić information content (AvgIpc) is 3.37. The predicted octanol–water partition coefficient (Wildman–Crippen LogP) is 4.66. The molecule has 1 saturated heterocycles. The molecule has 1 aliphatic rings. The molecule has 0 unspecified atom stereocenters. The summed E-state index contributed by atoms with van der Waals surface area (Å²) in [6.07, 6.45) is 0. The van der Waals surface area contributed by atoms with Crippen molar-refractivity contribution in [1.82, 2.24) is 4.90 Å². The molecular weight excluding hydrogens is 458 g/mol. The lowest BCUT2D eigenvalue weighted by molar-refractivity contribution is 0.0746. The minimum atomic E-state index is -0.291. The molecule has 0 spiro atoms. The summed E-state index contributed by atoms with van der Waals surface area (Å²) in [5, 5.41) is 3.77. The Bertz CT molecular complexity index is 1330. The van der Waals surface area contributed by atoms with Crippen molar-refractivity contribution in [3.8, 4) is 11.5 Å². The van der Waals surface area contributed by atoms with Crippen LogP contribution in [0.15, 0.2) is 77.2 Å². The van der Waals surface area contributed by atoms with Gasteiger partial charge < -0.3 is 29.0 Å². The third-order valence-electron chi connectivity index (χ3n) is 6.30. The number of carbonyl (C=O) groups excluding carboxylic acids is 2. The first-order chi connectivity index (χ1) is 17.5. The first-order valence-corrected chi connectivity index (χ1v) is 11.7. The molecule has 3 aromatic carbocycles. The zero-order chi connectivity index (χ0) is 25.1. The number of nitrogens with zero attached hydrogens (tertiary/aromatic N) is 2. The molecule has 2 heterocycles. The molecule has 8 heteroatoms. The molecule has 36 heavy (non-hydrogen) atoms. The van der Waals surface area contributed by atoms with Crippen LogP contribution in [-0.4, -0.2) is 57.1 Å². The highest BCUT2D eigenvalue weighted by molar-refractivity contribution is 6.04. The van der Waals surface area contributed by atoms with Gasteiger partial charge in [-0.1, -0.05) is 18.2 Å². The van der Waals surface area contributed by atoms with Gasteiger partial charge in [-0.15, -0.1) is 0 Å². The van der Waals surface area contributed by atoms with Gasteiger partial charge in [0.05, 0.1) is 14.2 Å². The van der Waals surface area contributed by atoms with E-state index in [4.69, 9.17) is 13.9 Å². The zero-order valence-electron chi connectivity index (χ0n) is 20.2. The molecule has 0 radical (unpaired) electrons. The molecule has 0 aliphatic carbocycles. The van der Waals surface area contributed by atoms with Crippen molar-refractivity contribution >= 4 is 34.2 Å². The van der Waals surface area contributed by atoms with Gasteiger partial charge in [-0.05, 0) is 48.5 Å². The van der Waals surface area contributed by atoms with Gasteiger partial charge in [0.1, 0.15) is 17.1 Å². The van der Waals surface area contributed by atoms with Gasteiger partial charge >= 0.3 is 0 Å². The minimum absolute atomic E-state index is 0.0458. The third-order valence-corrected chi connectivity index (χ3v) is 6.30. The molecule has 0 bridgehead atoms. The lowest BCUT2D eigenvalue weighted by Gasteiger charge is -2.36. The maximum absolute atomic E-state index is 13.0. The fourth-order valence-electron chi connectivity index (χ4n) is 4.32. The van der Waals surface area contributed by atoms with Crippen LogP contribution >= 0.6 is 0 Å². The van der Waals surface area contributed by atoms with Crippen molar-refractivity contribution in [2.75, 3.05) is 50.6 Å². The van der Waals surface area contributed by atoms with Gasteiger partial charge in [0.25, 0.3) is 11.8 Å². The van der Waals surface area contributed by atoms with E-state index in [2.05, 4.69) is 10.2 Å². The number of fused-ring (bicyclic) bond motifs is 1. The SMILES string of the molecule is COc1cc(OC)cc(C(=O)N2CCN(c3ccc(NC(=O)c4cc5ccccc5o4)cc3)CC2)c1. The summed E-state index contributed by atoms with van der Waals surface area (Å²) in [4.78, 5) is 29.7. The Kier molecular flexibility index (Phi) is 6.49. The molecule has 1 fully saturated rings. The topological polar surface area (TPSA) is 84.3 Å². The van der Waals surface area contributed by atoms with Gasteiger partial charge in [0.15, 0.2) is 5.76 Å². The Morgan fingerprint density at radius 2 is 1.50 bits per heavy atom. The van der Waals surface area contributed by atoms with E-state index in [-0.39, 0.29) is 17.6 Å². The zero-order valence-corrected chi connectivity index (χ0v) is 20.2. The number of nitrogens with one attached hydrogen (secondary N) is 1. The van der Waals surface area contributed by atoms with Crippen LogP contribution in [-0.2, 0) is 0 Å². The second-order valence-corrected chi connectivity index (χ2v) is 8.53. The lowest BCUT2D eigenvalue weighted by Crippen LogP contribution is -2.48. The summed E-state index contributed by atoms with van der Waals surface area (Å²) < 4.78 is 16.2. The molecule has 4 aromatic rings. The van der Waals surface area contributed by atoms with E-state index in [0.29, 0.717) is 54.5 Å². The van der Waals surface area contributed by atoms with Gasteiger partial charge in [0.2, 0.25) is 0 Å². The van der Waals surface area contributed by atoms with Gasteiger partial charge in [-0.2, -0.15) is 0 Å². The van der Waals surface area contributed by atoms with Gasteiger partial charge in [-0.25, -0.2) is 0 Å². The normalized spacial score (nSPS) is 13.5. The molecule has 1 aliphatic heterocycles. The summed E-state index contributed by atoms with van der Waals surface area (Å²) in [6, 6.07) is 22.2. The average molecular weight is 486 g/mol. The second-order valence-electron chi connectivity index (χ2n) is 8.53. The first-order valence-electron chi connectivity index (χ1n) is 11.7. The first kappa shape index (κ1) is 23.3. The van der Waals surface area contributed by atoms with Crippen LogP contribution in [0.4, 0.5) is 11.4 Å². The molecule has 0 saturated carbocycles. The van der Waals surface area contributed by atoms with Crippen LogP contribution in [0.2, 0.25) is 0 Å². The highest BCUT2D eigenvalue weighted by Gasteiger charge is 2.23. The molecule has 5 rings (SSSR count). The number of rotatable bonds is 6.